The molecular weight excluding hydrogens is 593 g/mol. The third kappa shape index (κ3) is 5.32. The Morgan fingerprint density at radius 1 is 1.34 bits per heavy atom. The molecule has 2 amide bonds. The summed E-state index contributed by atoms with van der Waals surface area (Å²) in [4.78, 5) is 65.1. The third-order valence-electron chi connectivity index (χ3n) is 6.70. The van der Waals surface area contributed by atoms with Crippen LogP contribution in [0.4, 0.5) is 5.13 Å². The molecule has 17 heteroatoms. The van der Waals surface area contributed by atoms with Crippen LogP contribution in [0, 0.1) is 0 Å². The van der Waals surface area contributed by atoms with Crippen LogP contribution in [0.15, 0.2) is 31.8 Å². The highest BCUT2D eigenvalue weighted by Crippen LogP contribution is 2.54. The number of aromatic hydroxyl groups is 1. The van der Waals surface area contributed by atoms with E-state index >= 15 is 0 Å². The molecule has 0 spiro atoms. The van der Waals surface area contributed by atoms with Crippen molar-refractivity contribution >= 4 is 63.8 Å². The van der Waals surface area contributed by atoms with Crippen LogP contribution in [-0.4, -0.2) is 89.1 Å². The molecule has 3 N–H and O–H groups in total. The van der Waals surface area contributed by atoms with Crippen molar-refractivity contribution < 1.29 is 24.3 Å². The Hall–Kier alpha value is -3.44. The number of hydrogen-bond acceptors (Lipinski definition) is 14. The van der Waals surface area contributed by atoms with Crippen LogP contribution in [0.2, 0.25) is 0 Å². The number of thiazole rings is 1. The Morgan fingerprint density at radius 3 is 2.68 bits per heavy atom. The van der Waals surface area contributed by atoms with Crippen molar-refractivity contribution in [3.63, 3.8) is 0 Å². The summed E-state index contributed by atoms with van der Waals surface area (Å²) in [5.41, 5.74) is -1.14. The number of nitrogens with one attached hydrogen (secondary N) is 2. The van der Waals surface area contributed by atoms with Gasteiger partial charge in [-0.25, -0.2) is 9.67 Å². The molecule has 0 saturated carbocycles. The third-order valence-corrected chi connectivity index (χ3v) is 10.2. The predicted molar refractivity (Wildman–Crippen MR) is 156 cm³/mol. The molecule has 220 valence electrons. The van der Waals surface area contributed by atoms with E-state index in [1.54, 1.807) is 33.2 Å². The highest BCUT2D eigenvalue weighted by molar-refractivity contribution is 8.01. The summed E-state index contributed by atoms with van der Waals surface area (Å²) in [6.45, 7) is 9.02. The van der Waals surface area contributed by atoms with E-state index in [-0.39, 0.29) is 35.0 Å². The van der Waals surface area contributed by atoms with E-state index in [1.807, 2.05) is 13.8 Å². The van der Waals surface area contributed by atoms with E-state index in [4.69, 9.17) is 4.84 Å². The number of carbonyl (C=O) groups excluding carboxylic acids is 3. The van der Waals surface area contributed by atoms with Gasteiger partial charge in [-0.1, -0.05) is 16.9 Å². The van der Waals surface area contributed by atoms with Crippen molar-refractivity contribution in [1.29, 1.82) is 0 Å². The number of thioether (sulfide) groups is 2. The summed E-state index contributed by atoms with van der Waals surface area (Å²) >= 11 is 3.87. The van der Waals surface area contributed by atoms with Gasteiger partial charge in [0.15, 0.2) is 22.3 Å². The molecule has 41 heavy (non-hydrogen) atoms. The van der Waals surface area contributed by atoms with Crippen LogP contribution < -0.4 is 16.2 Å². The summed E-state index contributed by atoms with van der Waals surface area (Å²) in [6, 6.07) is -0.188. The van der Waals surface area contributed by atoms with Crippen molar-refractivity contribution in [3.05, 3.63) is 32.7 Å². The fourth-order valence-electron chi connectivity index (χ4n) is 4.29. The fourth-order valence-corrected chi connectivity index (χ4v) is 7.61. The maximum atomic E-state index is 13.6. The van der Waals surface area contributed by atoms with Crippen molar-refractivity contribution in [3.8, 4) is 5.88 Å². The summed E-state index contributed by atoms with van der Waals surface area (Å²) < 4.78 is 1.42. The molecule has 2 aromatic heterocycles. The number of carbonyl (C=O) groups is 3. The zero-order chi connectivity index (χ0) is 30.1. The van der Waals surface area contributed by atoms with E-state index in [1.165, 1.54) is 44.4 Å². The number of rotatable bonds is 11. The van der Waals surface area contributed by atoms with Gasteiger partial charge in [-0.15, -0.1) is 28.2 Å². The van der Waals surface area contributed by atoms with Crippen LogP contribution in [-0.2, 0) is 19.2 Å². The molecule has 0 unspecified atom stereocenters. The first-order chi connectivity index (χ1) is 19.4. The van der Waals surface area contributed by atoms with Crippen LogP contribution >= 0.6 is 34.9 Å². The molecule has 1 saturated heterocycles. The molecule has 2 aliphatic rings. The van der Waals surface area contributed by atoms with Crippen molar-refractivity contribution in [2.45, 2.75) is 56.2 Å². The first kappa shape index (κ1) is 30.5. The summed E-state index contributed by atoms with van der Waals surface area (Å²) in [5, 5.41) is 25.8. The van der Waals surface area contributed by atoms with Crippen molar-refractivity contribution in [1.82, 2.24) is 30.0 Å². The molecule has 0 aromatic carbocycles. The molecule has 0 bridgehead atoms. The van der Waals surface area contributed by atoms with Gasteiger partial charge in [0.2, 0.25) is 0 Å². The predicted octanol–water partition coefficient (Wildman–Crippen LogP) is 1.59. The largest absolute Gasteiger partial charge is 0.488 e. The number of amides is 2. The van der Waals surface area contributed by atoms with Crippen molar-refractivity contribution in [2.24, 2.45) is 5.16 Å². The smallest absolute Gasteiger partial charge is 0.336 e. The minimum atomic E-state index is -1.36. The molecule has 2 atom stereocenters. The van der Waals surface area contributed by atoms with Crippen LogP contribution in [0.3, 0.4) is 0 Å². The standard InChI is InChI=1S/C24H30N8O6S3/c1-7-38-30-16(14-11-39-21(25-6)26-14)17(34)28-23(4)20(37)31-15(8-33)13(10-41-24(23,31)5)9-40-22-27-18(35)19(36)29-32(22)12(2)3/h8,11-12H,7,9-10H2,1-6H3,(H,25,26)(H,28,34)(H,29,36)/b30-16-/t23-,24-/m1/s1. The summed E-state index contributed by atoms with van der Waals surface area (Å²) in [7, 11) is 1.71. The van der Waals surface area contributed by atoms with Crippen LogP contribution in [0.1, 0.15) is 46.4 Å². The highest BCUT2D eigenvalue weighted by Gasteiger charge is 2.70. The molecule has 2 aliphatic heterocycles. The fraction of sp³-hybridized carbons (Fsp3) is 0.500. The number of allylic oxidation sites excluding steroid dienone is 1. The van der Waals surface area contributed by atoms with Gasteiger partial charge in [0, 0.05) is 30.0 Å². The Labute approximate surface area is 248 Å². The van der Waals surface area contributed by atoms with E-state index in [0.717, 1.165) is 0 Å². The number of hydrogen-bond donors (Lipinski definition) is 3. The second kappa shape index (κ2) is 11.8. The second-order valence-electron chi connectivity index (χ2n) is 9.59. The number of aromatic nitrogens is 4. The van der Waals surface area contributed by atoms with Crippen molar-refractivity contribution in [2.75, 3.05) is 30.5 Å². The van der Waals surface area contributed by atoms with E-state index in [0.29, 0.717) is 28.4 Å². The zero-order valence-corrected chi connectivity index (χ0v) is 25.7. The Bertz CT molecular complexity index is 1500. The van der Waals surface area contributed by atoms with Gasteiger partial charge in [-0.05, 0) is 40.2 Å². The number of oxime groups is 1. The number of anilines is 1. The molecular formula is C24H30N8O6S3. The van der Waals surface area contributed by atoms with E-state index in [9.17, 15) is 24.3 Å². The van der Waals surface area contributed by atoms with Crippen LogP contribution in [0.25, 0.3) is 0 Å². The molecule has 2 aromatic rings. The monoisotopic (exact) mass is 622 g/mol. The first-order valence-electron chi connectivity index (χ1n) is 12.6. The van der Waals surface area contributed by atoms with Gasteiger partial charge < -0.3 is 20.6 Å². The zero-order valence-electron chi connectivity index (χ0n) is 23.2. The van der Waals surface area contributed by atoms with Gasteiger partial charge in [0.1, 0.15) is 22.7 Å². The molecule has 0 aliphatic carbocycles. The average Bonchev–Trinajstić information content (AvgIpc) is 3.42. The number of β-lactam (4-membered cyclic amide) rings is 1. The number of fused-ring (bicyclic) bond motifs is 1. The maximum Gasteiger partial charge on any atom is 0.336 e. The van der Waals surface area contributed by atoms with Gasteiger partial charge >= 0.3 is 5.56 Å². The van der Waals surface area contributed by atoms with Gasteiger partial charge in [-0.3, -0.25) is 24.1 Å². The minimum absolute atomic E-state index is 0.0732. The van der Waals surface area contributed by atoms with Gasteiger partial charge in [0.05, 0.1) is 5.70 Å². The summed E-state index contributed by atoms with van der Waals surface area (Å²) in [6.07, 6.45) is 0.627. The SMILES string of the molecule is CCO/N=C(\C(=O)N[C@]1(C)C(=O)N2C(C=O)=C(CSc3nc(=O)c(O)nn3C(C)C)CS[C@@]21C)c1csc(NC)n1. The second-order valence-corrected chi connectivity index (χ2v) is 12.8. The maximum absolute atomic E-state index is 13.6. The topological polar surface area (TPSA) is 181 Å². The summed E-state index contributed by atoms with van der Waals surface area (Å²) in [5.74, 6) is -1.17. The lowest BCUT2D eigenvalue weighted by atomic mass is 9.79. The van der Waals surface area contributed by atoms with Gasteiger partial charge in [-0.2, -0.15) is 4.98 Å². The van der Waals surface area contributed by atoms with E-state index < -0.39 is 33.7 Å². The Morgan fingerprint density at radius 2 is 2.07 bits per heavy atom. The lowest BCUT2D eigenvalue weighted by Gasteiger charge is -2.63. The quantitative estimate of drug-likeness (QED) is 0.108. The molecule has 4 heterocycles. The average molecular weight is 623 g/mol. The number of aldehydes is 1. The lowest BCUT2D eigenvalue weighted by molar-refractivity contribution is -0.162. The Kier molecular flexibility index (Phi) is 8.79. The van der Waals surface area contributed by atoms with Crippen LogP contribution in [0.5, 0.6) is 5.88 Å². The minimum Gasteiger partial charge on any atom is -0.488 e. The van der Waals surface area contributed by atoms with Gasteiger partial charge in [0.25, 0.3) is 17.7 Å². The normalized spacial score (nSPS) is 22.4. The molecule has 14 nitrogen and oxygen atoms in total. The first-order valence-corrected chi connectivity index (χ1v) is 15.4. The highest BCUT2D eigenvalue weighted by atomic mass is 32.2. The number of nitrogens with zero attached hydrogens (tertiary/aromatic N) is 6. The Balaban J connectivity index is 1.58. The molecule has 0 radical (unpaired) electrons. The molecule has 1 fully saturated rings. The lowest BCUT2D eigenvalue weighted by Crippen LogP contribution is -2.84. The molecule has 4 rings (SSSR count). The van der Waals surface area contributed by atoms with E-state index in [2.05, 4.69) is 30.9 Å².